The van der Waals surface area contributed by atoms with Gasteiger partial charge in [-0.25, -0.2) is 0 Å². The van der Waals surface area contributed by atoms with Gasteiger partial charge in [-0.15, -0.1) is 12.6 Å². The second-order valence-corrected chi connectivity index (χ2v) is 6.21. The Kier molecular flexibility index (Phi) is 5.50. The molecule has 1 aromatic rings. The predicted octanol–water partition coefficient (Wildman–Crippen LogP) is 2.86. The van der Waals surface area contributed by atoms with Crippen molar-refractivity contribution in [2.24, 2.45) is 5.41 Å². The van der Waals surface area contributed by atoms with Gasteiger partial charge in [-0.3, -0.25) is 0 Å². The van der Waals surface area contributed by atoms with Crippen molar-refractivity contribution >= 4 is 12.6 Å². The zero-order valence-electron chi connectivity index (χ0n) is 10.9. The largest absolute Gasteiger partial charge is 0.395 e. The fraction of sp³-hybridized carbons (Fsp3) is 0.571. The highest BCUT2D eigenvalue weighted by Crippen LogP contribution is 2.20. The average Bonchev–Trinajstić information content (AvgIpc) is 2.23. The molecule has 0 aliphatic heterocycles. The van der Waals surface area contributed by atoms with Crippen molar-refractivity contribution in [3.63, 3.8) is 0 Å². The summed E-state index contributed by atoms with van der Waals surface area (Å²) in [7, 11) is 0. The topological polar surface area (TPSA) is 32.3 Å². The molecule has 17 heavy (non-hydrogen) atoms. The molecule has 96 valence electrons. The van der Waals surface area contributed by atoms with Crippen molar-refractivity contribution in [2.45, 2.75) is 44.7 Å². The molecule has 0 saturated carbocycles. The van der Waals surface area contributed by atoms with Crippen LogP contribution in [0.3, 0.4) is 0 Å². The summed E-state index contributed by atoms with van der Waals surface area (Å²) in [6.45, 7) is 7.51. The van der Waals surface area contributed by atoms with Crippen molar-refractivity contribution in [2.75, 3.05) is 6.61 Å². The summed E-state index contributed by atoms with van der Waals surface area (Å²) in [5, 5.41) is 12.7. The summed E-state index contributed by atoms with van der Waals surface area (Å²) in [4.78, 5) is 0.973. The van der Waals surface area contributed by atoms with E-state index in [-0.39, 0.29) is 18.1 Å². The first-order valence-corrected chi connectivity index (χ1v) is 6.47. The van der Waals surface area contributed by atoms with Crippen molar-refractivity contribution in [3.05, 3.63) is 29.8 Å². The first-order chi connectivity index (χ1) is 7.90. The van der Waals surface area contributed by atoms with Gasteiger partial charge >= 0.3 is 0 Å². The van der Waals surface area contributed by atoms with Crippen LogP contribution in [-0.2, 0) is 6.54 Å². The van der Waals surface area contributed by atoms with Gasteiger partial charge in [-0.05, 0) is 29.5 Å². The number of aliphatic hydroxyl groups is 1. The molecule has 1 rings (SSSR count). The zero-order valence-corrected chi connectivity index (χ0v) is 11.8. The summed E-state index contributed by atoms with van der Waals surface area (Å²) < 4.78 is 0. The SMILES string of the molecule is CC(C)(C)CC(CO)NCc1cccc(S)c1. The number of hydrogen-bond donors (Lipinski definition) is 3. The summed E-state index contributed by atoms with van der Waals surface area (Å²) in [5.74, 6) is 0. The molecule has 0 spiro atoms. The monoisotopic (exact) mass is 253 g/mol. The molecule has 0 radical (unpaired) electrons. The Bertz CT molecular complexity index is 346. The number of thiol groups is 1. The summed E-state index contributed by atoms with van der Waals surface area (Å²) >= 11 is 4.31. The minimum Gasteiger partial charge on any atom is -0.395 e. The Morgan fingerprint density at radius 1 is 1.35 bits per heavy atom. The molecule has 0 aromatic heterocycles. The molecule has 0 heterocycles. The van der Waals surface area contributed by atoms with E-state index in [1.54, 1.807) is 0 Å². The highest BCUT2D eigenvalue weighted by atomic mass is 32.1. The third kappa shape index (κ3) is 6.10. The molecule has 2 nitrogen and oxygen atoms in total. The van der Waals surface area contributed by atoms with Gasteiger partial charge in [0.25, 0.3) is 0 Å². The third-order valence-corrected chi connectivity index (χ3v) is 2.86. The van der Waals surface area contributed by atoms with Gasteiger partial charge in [0.1, 0.15) is 0 Å². The van der Waals surface area contributed by atoms with Crippen LogP contribution in [0.2, 0.25) is 0 Å². The number of rotatable bonds is 5. The second kappa shape index (κ2) is 6.43. The van der Waals surface area contributed by atoms with Crippen LogP contribution in [0, 0.1) is 5.41 Å². The molecule has 0 aliphatic rings. The lowest BCUT2D eigenvalue weighted by Crippen LogP contribution is -2.35. The Labute approximate surface area is 110 Å². The predicted molar refractivity (Wildman–Crippen MR) is 75.5 cm³/mol. The lowest BCUT2D eigenvalue weighted by Gasteiger charge is -2.25. The molecule has 2 N–H and O–H groups in total. The summed E-state index contributed by atoms with van der Waals surface area (Å²) in [6, 6.07) is 8.22. The average molecular weight is 253 g/mol. The Morgan fingerprint density at radius 3 is 2.59 bits per heavy atom. The van der Waals surface area contributed by atoms with Crippen LogP contribution in [0.5, 0.6) is 0 Å². The molecule has 0 amide bonds. The highest BCUT2D eigenvalue weighted by Gasteiger charge is 2.17. The van der Waals surface area contributed by atoms with Crippen LogP contribution in [-0.4, -0.2) is 17.8 Å². The highest BCUT2D eigenvalue weighted by molar-refractivity contribution is 7.80. The molecule has 1 atom stereocenters. The van der Waals surface area contributed by atoms with Crippen molar-refractivity contribution in [3.8, 4) is 0 Å². The normalized spacial score (nSPS) is 13.7. The lowest BCUT2D eigenvalue weighted by molar-refractivity contribution is 0.198. The quantitative estimate of drug-likeness (QED) is 0.705. The summed E-state index contributed by atoms with van der Waals surface area (Å²) in [6.07, 6.45) is 0.962. The van der Waals surface area contributed by atoms with Gasteiger partial charge in [0, 0.05) is 17.5 Å². The second-order valence-electron chi connectivity index (χ2n) is 5.70. The van der Waals surface area contributed by atoms with E-state index in [0.29, 0.717) is 0 Å². The molecule has 0 saturated heterocycles. The number of aliphatic hydroxyl groups excluding tert-OH is 1. The third-order valence-electron chi connectivity index (χ3n) is 2.58. The van der Waals surface area contributed by atoms with E-state index in [0.717, 1.165) is 17.9 Å². The van der Waals surface area contributed by atoms with E-state index >= 15 is 0 Å². The number of benzene rings is 1. The van der Waals surface area contributed by atoms with Crippen LogP contribution < -0.4 is 5.32 Å². The molecule has 0 bridgehead atoms. The van der Waals surface area contributed by atoms with Gasteiger partial charge in [0.05, 0.1) is 6.61 Å². The van der Waals surface area contributed by atoms with Crippen LogP contribution >= 0.6 is 12.6 Å². The van der Waals surface area contributed by atoms with Gasteiger partial charge in [0.15, 0.2) is 0 Å². The first-order valence-electron chi connectivity index (χ1n) is 6.03. The maximum atomic E-state index is 9.34. The van der Waals surface area contributed by atoms with Crippen molar-refractivity contribution in [1.29, 1.82) is 0 Å². The van der Waals surface area contributed by atoms with Crippen LogP contribution in [0.15, 0.2) is 29.2 Å². The Morgan fingerprint density at radius 2 is 2.06 bits per heavy atom. The Hall–Kier alpha value is -0.510. The van der Waals surface area contributed by atoms with E-state index in [9.17, 15) is 5.11 Å². The standard InChI is InChI=1S/C14H23NOS/c1-14(2,3)8-12(10-16)15-9-11-5-4-6-13(17)7-11/h4-7,12,15-17H,8-10H2,1-3H3. The van der Waals surface area contributed by atoms with Gasteiger partial charge in [-0.2, -0.15) is 0 Å². The van der Waals surface area contributed by atoms with E-state index in [1.807, 2.05) is 18.2 Å². The minimum atomic E-state index is 0.151. The lowest BCUT2D eigenvalue weighted by atomic mass is 9.88. The van der Waals surface area contributed by atoms with Crippen LogP contribution in [0.4, 0.5) is 0 Å². The van der Waals surface area contributed by atoms with Gasteiger partial charge < -0.3 is 10.4 Å². The molecular formula is C14H23NOS. The van der Waals surface area contributed by atoms with Crippen LogP contribution in [0.1, 0.15) is 32.8 Å². The first kappa shape index (κ1) is 14.6. The van der Waals surface area contributed by atoms with E-state index in [2.05, 4.69) is 44.8 Å². The molecule has 1 unspecified atom stereocenters. The van der Waals surface area contributed by atoms with Crippen molar-refractivity contribution < 1.29 is 5.11 Å². The maximum Gasteiger partial charge on any atom is 0.0584 e. The maximum absolute atomic E-state index is 9.34. The molecular weight excluding hydrogens is 230 g/mol. The molecule has 3 heteroatoms. The Balaban J connectivity index is 2.48. The van der Waals surface area contributed by atoms with E-state index in [4.69, 9.17) is 0 Å². The van der Waals surface area contributed by atoms with Crippen LogP contribution in [0.25, 0.3) is 0 Å². The van der Waals surface area contributed by atoms with Gasteiger partial charge in [-0.1, -0.05) is 32.9 Å². The fourth-order valence-corrected chi connectivity index (χ4v) is 2.12. The number of nitrogens with one attached hydrogen (secondary N) is 1. The zero-order chi connectivity index (χ0) is 12.9. The number of hydrogen-bond acceptors (Lipinski definition) is 3. The van der Waals surface area contributed by atoms with Crippen molar-refractivity contribution in [1.82, 2.24) is 5.32 Å². The van der Waals surface area contributed by atoms with Gasteiger partial charge in [0.2, 0.25) is 0 Å². The smallest absolute Gasteiger partial charge is 0.0584 e. The molecule has 0 aliphatic carbocycles. The van der Waals surface area contributed by atoms with E-state index in [1.165, 1.54) is 5.56 Å². The summed E-state index contributed by atoms with van der Waals surface area (Å²) in [5.41, 5.74) is 1.43. The minimum absolute atomic E-state index is 0.151. The fourth-order valence-electron chi connectivity index (χ4n) is 1.87. The molecule has 0 fully saturated rings. The van der Waals surface area contributed by atoms with E-state index < -0.39 is 0 Å². The molecule has 1 aromatic carbocycles.